The molecule has 0 aromatic heterocycles. The fourth-order valence-electron chi connectivity index (χ4n) is 1.98. The normalized spacial score (nSPS) is 13.5. The van der Waals surface area contributed by atoms with Gasteiger partial charge in [-0.15, -0.1) is 0 Å². The van der Waals surface area contributed by atoms with Gasteiger partial charge in [-0.2, -0.15) is 0 Å². The maximum absolute atomic E-state index is 11.7. The van der Waals surface area contributed by atoms with Gasteiger partial charge in [0.2, 0.25) is 0 Å². The van der Waals surface area contributed by atoms with E-state index in [4.69, 9.17) is 4.74 Å². The van der Waals surface area contributed by atoms with Gasteiger partial charge in [-0.25, -0.2) is 8.42 Å². The Hall–Kier alpha value is -0.910. The first kappa shape index (κ1) is 15.1. The van der Waals surface area contributed by atoms with Crippen molar-refractivity contribution in [2.45, 2.75) is 24.3 Å². The van der Waals surface area contributed by atoms with E-state index in [0.29, 0.717) is 17.9 Å². The Balaban J connectivity index is 2.95. The van der Waals surface area contributed by atoms with Crippen LogP contribution >= 0.6 is 0 Å². The van der Waals surface area contributed by atoms with Gasteiger partial charge in [-0.1, -0.05) is 25.1 Å². The average Bonchev–Trinajstić information content (AvgIpc) is 2.29. The summed E-state index contributed by atoms with van der Waals surface area (Å²) in [6.07, 6.45) is 1.88. The van der Waals surface area contributed by atoms with Gasteiger partial charge in [0, 0.05) is 19.4 Å². The minimum atomic E-state index is -3.18. The molecule has 0 spiro atoms. The lowest BCUT2D eigenvalue weighted by molar-refractivity contribution is 0.166. The Morgan fingerprint density at radius 1 is 1.33 bits per heavy atom. The van der Waals surface area contributed by atoms with E-state index in [9.17, 15) is 8.42 Å². The molecule has 1 N–H and O–H groups in total. The lowest BCUT2D eigenvalue weighted by Gasteiger charge is -2.18. The predicted octanol–water partition coefficient (Wildman–Crippen LogP) is 1.26. The van der Waals surface area contributed by atoms with Gasteiger partial charge in [0.15, 0.2) is 9.84 Å². The van der Waals surface area contributed by atoms with Crippen molar-refractivity contribution in [1.29, 1.82) is 0 Å². The van der Waals surface area contributed by atoms with Gasteiger partial charge >= 0.3 is 0 Å². The van der Waals surface area contributed by atoms with Crippen molar-refractivity contribution in [2.75, 3.05) is 26.5 Å². The molecule has 0 saturated heterocycles. The Morgan fingerprint density at radius 3 is 2.56 bits per heavy atom. The lowest BCUT2D eigenvalue weighted by Crippen LogP contribution is -2.35. The smallest absolute Gasteiger partial charge is 0.175 e. The molecule has 0 fully saturated rings. The second-order valence-electron chi connectivity index (χ2n) is 4.29. The summed E-state index contributed by atoms with van der Waals surface area (Å²) in [5, 5.41) is 3.29. The molecule has 5 heteroatoms. The summed E-state index contributed by atoms with van der Waals surface area (Å²) in [7, 11) is -1.53. The zero-order valence-corrected chi connectivity index (χ0v) is 12.0. The molecular weight excluding hydrogens is 250 g/mol. The van der Waals surface area contributed by atoms with Crippen LogP contribution in [-0.2, 0) is 21.0 Å². The van der Waals surface area contributed by atoms with Crippen molar-refractivity contribution in [2.24, 2.45) is 0 Å². The van der Waals surface area contributed by atoms with Crippen LogP contribution in [0.25, 0.3) is 0 Å². The van der Waals surface area contributed by atoms with Crippen LogP contribution in [0.1, 0.15) is 12.5 Å². The van der Waals surface area contributed by atoms with Crippen LogP contribution in [0, 0.1) is 0 Å². The van der Waals surface area contributed by atoms with Gasteiger partial charge < -0.3 is 10.1 Å². The van der Waals surface area contributed by atoms with Crippen molar-refractivity contribution in [3.8, 4) is 0 Å². The molecule has 1 rings (SSSR count). The maximum Gasteiger partial charge on any atom is 0.175 e. The summed E-state index contributed by atoms with van der Waals surface area (Å²) >= 11 is 0. The molecule has 4 nitrogen and oxygen atoms in total. The molecule has 0 aliphatic heterocycles. The molecule has 0 aliphatic carbocycles. The highest BCUT2D eigenvalue weighted by Gasteiger charge is 2.16. The molecular formula is C13H21NO3S. The number of nitrogens with one attached hydrogen (secondary N) is 1. The van der Waals surface area contributed by atoms with E-state index in [1.807, 2.05) is 19.1 Å². The molecule has 1 aromatic rings. The number of rotatable bonds is 7. The summed E-state index contributed by atoms with van der Waals surface area (Å²) in [5.74, 6) is 0. The summed E-state index contributed by atoms with van der Waals surface area (Å²) in [4.78, 5) is 0.406. The third kappa shape index (κ3) is 4.40. The minimum Gasteiger partial charge on any atom is -0.383 e. The number of methoxy groups -OCH3 is 1. The minimum absolute atomic E-state index is 0.128. The number of sulfone groups is 1. The highest BCUT2D eigenvalue weighted by Crippen LogP contribution is 2.17. The number of hydrogen-bond acceptors (Lipinski definition) is 4. The predicted molar refractivity (Wildman–Crippen MR) is 72.6 cm³/mol. The number of hydrogen-bond donors (Lipinski definition) is 1. The van der Waals surface area contributed by atoms with Gasteiger partial charge in [0.1, 0.15) is 0 Å². The number of ether oxygens (including phenoxy) is 1. The Kier molecular flexibility index (Phi) is 5.78. The summed E-state index contributed by atoms with van der Waals surface area (Å²) in [6.45, 7) is 3.41. The first-order valence-corrected chi connectivity index (χ1v) is 7.88. The molecule has 0 amide bonds. The van der Waals surface area contributed by atoms with E-state index in [2.05, 4.69) is 5.32 Å². The molecule has 0 heterocycles. The van der Waals surface area contributed by atoms with Crippen molar-refractivity contribution in [3.63, 3.8) is 0 Å². The van der Waals surface area contributed by atoms with Crippen LogP contribution in [0.4, 0.5) is 0 Å². The third-order valence-corrected chi connectivity index (χ3v) is 3.90. The largest absolute Gasteiger partial charge is 0.383 e. The van der Waals surface area contributed by atoms with E-state index in [-0.39, 0.29) is 6.04 Å². The SMILES string of the molecule is CCNC(COC)Cc1ccccc1S(C)(=O)=O. The highest BCUT2D eigenvalue weighted by atomic mass is 32.2. The van der Waals surface area contributed by atoms with Crippen molar-refractivity contribution >= 4 is 9.84 Å². The second-order valence-corrected chi connectivity index (χ2v) is 6.28. The molecule has 0 radical (unpaired) electrons. The van der Waals surface area contributed by atoms with Crippen molar-refractivity contribution in [1.82, 2.24) is 5.32 Å². The zero-order valence-electron chi connectivity index (χ0n) is 11.1. The van der Waals surface area contributed by atoms with Gasteiger partial charge in [0.05, 0.1) is 11.5 Å². The average molecular weight is 271 g/mol. The Bertz CT molecular complexity index is 465. The number of benzene rings is 1. The van der Waals surface area contributed by atoms with E-state index in [1.54, 1.807) is 19.2 Å². The molecule has 0 saturated carbocycles. The lowest BCUT2D eigenvalue weighted by atomic mass is 10.1. The monoisotopic (exact) mass is 271 g/mol. The second kappa shape index (κ2) is 6.87. The Labute approximate surface area is 109 Å². The maximum atomic E-state index is 11.7. The van der Waals surface area contributed by atoms with Crippen molar-refractivity contribution in [3.05, 3.63) is 29.8 Å². The van der Waals surface area contributed by atoms with Crippen LogP contribution in [0.15, 0.2) is 29.2 Å². The Morgan fingerprint density at radius 2 is 2.00 bits per heavy atom. The first-order valence-electron chi connectivity index (χ1n) is 5.99. The van der Waals surface area contributed by atoms with E-state index in [1.165, 1.54) is 6.26 Å². The van der Waals surface area contributed by atoms with E-state index >= 15 is 0 Å². The van der Waals surface area contributed by atoms with Crippen molar-refractivity contribution < 1.29 is 13.2 Å². The topological polar surface area (TPSA) is 55.4 Å². The quantitative estimate of drug-likeness (QED) is 0.811. The van der Waals surface area contributed by atoms with Crippen LogP contribution in [-0.4, -0.2) is 41.0 Å². The van der Waals surface area contributed by atoms with Crippen LogP contribution in [0.5, 0.6) is 0 Å². The van der Waals surface area contributed by atoms with Crippen LogP contribution in [0.3, 0.4) is 0 Å². The zero-order chi connectivity index (χ0) is 13.6. The standard InChI is InChI=1S/C13H21NO3S/c1-4-14-12(10-17-2)9-11-7-5-6-8-13(11)18(3,15)16/h5-8,12,14H,4,9-10H2,1-3H3. The van der Waals surface area contributed by atoms with E-state index < -0.39 is 9.84 Å². The molecule has 18 heavy (non-hydrogen) atoms. The molecule has 1 atom stereocenters. The molecule has 1 unspecified atom stereocenters. The van der Waals surface area contributed by atoms with Gasteiger partial charge in [0.25, 0.3) is 0 Å². The molecule has 0 aliphatic rings. The van der Waals surface area contributed by atoms with Crippen LogP contribution < -0.4 is 5.32 Å². The van der Waals surface area contributed by atoms with Gasteiger partial charge in [-0.05, 0) is 24.6 Å². The molecule has 1 aromatic carbocycles. The highest BCUT2D eigenvalue weighted by molar-refractivity contribution is 7.90. The summed E-state index contributed by atoms with van der Waals surface area (Å²) in [5.41, 5.74) is 0.836. The van der Waals surface area contributed by atoms with Gasteiger partial charge in [-0.3, -0.25) is 0 Å². The fraction of sp³-hybridized carbons (Fsp3) is 0.538. The summed E-state index contributed by atoms with van der Waals surface area (Å²) < 4.78 is 28.5. The molecule has 102 valence electrons. The first-order chi connectivity index (χ1) is 8.49. The third-order valence-electron chi connectivity index (χ3n) is 2.70. The molecule has 0 bridgehead atoms. The fourth-order valence-corrected chi connectivity index (χ4v) is 2.93. The van der Waals surface area contributed by atoms with Crippen LogP contribution in [0.2, 0.25) is 0 Å². The summed E-state index contributed by atoms with van der Waals surface area (Å²) in [6, 6.07) is 7.25. The number of likely N-dealkylation sites (N-methyl/N-ethyl adjacent to an activating group) is 1. The van der Waals surface area contributed by atoms with E-state index in [0.717, 1.165) is 12.1 Å².